The zero-order chi connectivity index (χ0) is 14.1. The van der Waals surface area contributed by atoms with Gasteiger partial charge in [0.2, 0.25) is 0 Å². The van der Waals surface area contributed by atoms with Crippen LogP contribution in [0.2, 0.25) is 5.02 Å². The second kappa shape index (κ2) is 4.98. The molecular weight excluding hydrogens is 274 g/mol. The predicted molar refractivity (Wildman–Crippen MR) is 80.3 cm³/mol. The van der Waals surface area contributed by atoms with Gasteiger partial charge in [-0.15, -0.1) is 0 Å². The molecule has 0 radical (unpaired) electrons. The zero-order valence-corrected chi connectivity index (χ0v) is 11.6. The molecule has 3 rings (SSSR count). The summed E-state index contributed by atoms with van der Waals surface area (Å²) in [5.74, 6) is 0. The van der Waals surface area contributed by atoms with Crippen LogP contribution in [-0.4, -0.2) is 15.8 Å². The Balaban J connectivity index is 1.94. The summed E-state index contributed by atoms with van der Waals surface area (Å²) in [6.07, 6.45) is 1.67. The molecule has 0 aliphatic rings. The highest BCUT2D eigenvalue weighted by molar-refractivity contribution is 6.30. The molecule has 0 saturated heterocycles. The minimum atomic E-state index is -0.312. The first-order chi connectivity index (χ1) is 9.63. The predicted octanol–water partition coefficient (Wildman–Crippen LogP) is 4.08. The maximum Gasteiger partial charge on any atom is 0.347 e. The van der Waals surface area contributed by atoms with E-state index in [1.165, 1.54) is 4.68 Å². The van der Waals surface area contributed by atoms with Crippen molar-refractivity contribution in [2.75, 3.05) is 5.32 Å². The first-order valence-corrected chi connectivity index (χ1v) is 6.52. The van der Waals surface area contributed by atoms with Gasteiger partial charge in [-0.1, -0.05) is 29.8 Å². The Morgan fingerprint density at radius 2 is 2.10 bits per heavy atom. The summed E-state index contributed by atoms with van der Waals surface area (Å²) in [4.78, 5) is 12.3. The molecule has 5 heteroatoms. The number of fused-ring (bicyclic) bond motifs is 1. The summed E-state index contributed by atoms with van der Waals surface area (Å²) in [6, 6.07) is 12.6. The van der Waals surface area contributed by atoms with Gasteiger partial charge in [0.15, 0.2) is 0 Å². The van der Waals surface area contributed by atoms with Gasteiger partial charge < -0.3 is 5.32 Å². The van der Waals surface area contributed by atoms with E-state index in [4.69, 9.17) is 11.6 Å². The number of nitrogens with one attached hydrogen (secondary N) is 1. The molecule has 0 aliphatic heterocycles. The number of amides is 1. The summed E-state index contributed by atoms with van der Waals surface area (Å²) in [7, 11) is 0. The number of hydrogen-bond acceptors (Lipinski definition) is 2. The second-order valence-electron chi connectivity index (χ2n) is 4.56. The van der Waals surface area contributed by atoms with Gasteiger partial charge in [0.05, 0.1) is 11.7 Å². The summed E-state index contributed by atoms with van der Waals surface area (Å²) < 4.78 is 1.35. The molecule has 1 N–H and O–H groups in total. The fourth-order valence-electron chi connectivity index (χ4n) is 2.03. The number of nitrogens with zero attached hydrogens (tertiary/aromatic N) is 2. The highest BCUT2D eigenvalue weighted by Crippen LogP contribution is 2.18. The van der Waals surface area contributed by atoms with Crippen molar-refractivity contribution in [1.82, 2.24) is 9.78 Å². The summed E-state index contributed by atoms with van der Waals surface area (Å²) >= 11 is 5.90. The molecule has 4 nitrogen and oxygen atoms in total. The Morgan fingerprint density at radius 1 is 1.25 bits per heavy atom. The van der Waals surface area contributed by atoms with Crippen LogP contribution in [0.1, 0.15) is 5.56 Å². The minimum absolute atomic E-state index is 0.312. The van der Waals surface area contributed by atoms with Crippen LogP contribution >= 0.6 is 11.6 Å². The topological polar surface area (TPSA) is 46.9 Å². The number of hydrogen-bond donors (Lipinski definition) is 1. The van der Waals surface area contributed by atoms with Crippen molar-refractivity contribution >= 4 is 34.2 Å². The molecule has 2 aromatic carbocycles. The number of rotatable bonds is 1. The lowest BCUT2D eigenvalue weighted by atomic mass is 10.2. The summed E-state index contributed by atoms with van der Waals surface area (Å²) in [5.41, 5.74) is 2.50. The number of halogens is 1. The van der Waals surface area contributed by atoms with E-state index in [0.29, 0.717) is 10.7 Å². The molecule has 0 unspecified atom stereocenters. The molecule has 1 amide bonds. The normalized spacial score (nSPS) is 10.7. The van der Waals surface area contributed by atoms with Gasteiger partial charge in [-0.05, 0) is 36.8 Å². The Kier molecular flexibility index (Phi) is 3.16. The van der Waals surface area contributed by atoms with E-state index in [1.807, 2.05) is 25.1 Å². The van der Waals surface area contributed by atoms with Gasteiger partial charge in [0.25, 0.3) is 0 Å². The average Bonchev–Trinajstić information content (AvgIpc) is 2.81. The van der Waals surface area contributed by atoms with Crippen LogP contribution < -0.4 is 5.32 Å². The third kappa shape index (κ3) is 2.38. The zero-order valence-electron chi connectivity index (χ0n) is 10.8. The standard InChI is InChI=1S/C15H12ClN3O/c1-10-5-6-11-9-17-19(14(11)7-10)15(20)18-13-4-2-3-12(16)8-13/h2-9H,1H3,(H,18,20). The van der Waals surface area contributed by atoms with Gasteiger partial charge in [-0.3, -0.25) is 0 Å². The van der Waals surface area contributed by atoms with E-state index in [0.717, 1.165) is 16.5 Å². The number of carbonyl (C=O) groups is 1. The van der Waals surface area contributed by atoms with Crippen molar-refractivity contribution in [3.05, 3.63) is 59.2 Å². The Hall–Kier alpha value is -2.33. The van der Waals surface area contributed by atoms with Gasteiger partial charge in [-0.25, -0.2) is 4.79 Å². The molecule has 20 heavy (non-hydrogen) atoms. The largest absolute Gasteiger partial charge is 0.347 e. The summed E-state index contributed by atoms with van der Waals surface area (Å²) in [6.45, 7) is 1.98. The Morgan fingerprint density at radius 3 is 2.90 bits per heavy atom. The monoisotopic (exact) mass is 285 g/mol. The fraction of sp³-hybridized carbons (Fsp3) is 0.0667. The van der Waals surface area contributed by atoms with Crippen LogP contribution in [0.25, 0.3) is 10.9 Å². The Bertz CT molecular complexity index is 795. The van der Waals surface area contributed by atoms with Gasteiger partial charge in [0.1, 0.15) is 0 Å². The highest BCUT2D eigenvalue weighted by Gasteiger charge is 2.10. The van der Waals surface area contributed by atoms with Crippen LogP contribution in [-0.2, 0) is 0 Å². The maximum absolute atomic E-state index is 12.3. The fourth-order valence-corrected chi connectivity index (χ4v) is 2.22. The van der Waals surface area contributed by atoms with Crippen molar-refractivity contribution in [1.29, 1.82) is 0 Å². The van der Waals surface area contributed by atoms with E-state index in [1.54, 1.807) is 30.5 Å². The lowest BCUT2D eigenvalue weighted by Gasteiger charge is -2.06. The second-order valence-corrected chi connectivity index (χ2v) is 5.00. The lowest BCUT2D eigenvalue weighted by molar-refractivity contribution is 0.252. The third-order valence-electron chi connectivity index (χ3n) is 2.99. The molecule has 3 aromatic rings. The highest BCUT2D eigenvalue weighted by atomic mass is 35.5. The van der Waals surface area contributed by atoms with E-state index >= 15 is 0 Å². The quantitative estimate of drug-likeness (QED) is 0.732. The van der Waals surface area contributed by atoms with Crippen molar-refractivity contribution in [2.24, 2.45) is 0 Å². The first kappa shape index (κ1) is 12.7. The lowest BCUT2D eigenvalue weighted by Crippen LogP contribution is -2.20. The van der Waals surface area contributed by atoms with Crippen LogP contribution in [0, 0.1) is 6.92 Å². The van der Waals surface area contributed by atoms with Gasteiger partial charge >= 0.3 is 6.03 Å². The maximum atomic E-state index is 12.3. The van der Waals surface area contributed by atoms with Crippen LogP contribution in [0.3, 0.4) is 0 Å². The molecular formula is C15H12ClN3O. The van der Waals surface area contributed by atoms with Crippen molar-refractivity contribution in [3.63, 3.8) is 0 Å². The number of carbonyl (C=O) groups excluding carboxylic acids is 1. The number of anilines is 1. The van der Waals surface area contributed by atoms with Crippen LogP contribution in [0.4, 0.5) is 10.5 Å². The van der Waals surface area contributed by atoms with Crippen molar-refractivity contribution in [2.45, 2.75) is 6.92 Å². The number of benzene rings is 2. The molecule has 0 fully saturated rings. The van der Waals surface area contributed by atoms with Gasteiger partial charge in [0, 0.05) is 16.1 Å². The molecule has 0 bridgehead atoms. The van der Waals surface area contributed by atoms with Crippen molar-refractivity contribution in [3.8, 4) is 0 Å². The number of aryl methyl sites for hydroxylation is 1. The third-order valence-corrected chi connectivity index (χ3v) is 3.23. The molecule has 100 valence electrons. The molecule has 1 heterocycles. The molecule has 1 aromatic heterocycles. The SMILES string of the molecule is Cc1ccc2cnn(C(=O)Nc3cccc(Cl)c3)c2c1. The molecule has 0 saturated carbocycles. The van der Waals surface area contributed by atoms with E-state index in [-0.39, 0.29) is 6.03 Å². The Labute approximate surface area is 121 Å². The van der Waals surface area contributed by atoms with Crippen LogP contribution in [0.5, 0.6) is 0 Å². The van der Waals surface area contributed by atoms with E-state index in [9.17, 15) is 4.79 Å². The van der Waals surface area contributed by atoms with Gasteiger partial charge in [-0.2, -0.15) is 9.78 Å². The first-order valence-electron chi connectivity index (χ1n) is 6.15. The molecule has 0 aliphatic carbocycles. The van der Waals surface area contributed by atoms with Crippen molar-refractivity contribution < 1.29 is 4.79 Å². The summed E-state index contributed by atoms with van der Waals surface area (Å²) in [5, 5.41) is 8.40. The molecule has 0 atom stereocenters. The van der Waals surface area contributed by atoms with Crippen LogP contribution in [0.15, 0.2) is 48.7 Å². The number of aromatic nitrogens is 2. The average molecular weight is 286 g/mol. The molecule has 0 spiro atoms. The van der Waals surface area contributed by atoms with E-state index in [2.05, 4.69) is 10.4 Å². The minimum Gasteiger partial charge on any atom is -0.306 e. The van der Waals surface area contributed by atoms with E-state index < -0.39 is 0 Å². The smallest absolute Gasteiger partial charge is 0.306 e.